The molecule has 0 bridgehead atoms. The number of carboxylic acid groups (broad SMARTS) is 2. The molecule has 14 heteroatoms. The summed E-state index contributed by atoms with van der Waals surface area (Å²) in [7, 11) is 2.10. The molecule has 0 saturated carbocycles. The number of benzene rings is 1. The van der Waals surface area contributed by atoms with Gasteiger partial charge in [-0.1, -0.05) is 44.2 Å². The Morgan fingerprint density at radius 1 is 1.10 bits per heavy atom. The summed E-state index contributed by atoms with van der Waals surface area (Å²) in [6.45, 7) is 12.4. The van der Waals surface area contributed by atoms with Crippen molar-refractivity contribution >= 4 is 45.4 Å². The van der Waals surface area contributed by atoms with E-state index >= 15 is 0 Å². The van der Waals surface area contributed by atoms with Crippen LogP contribution in [0.3, 0.4) is 0 Å². The van der Waals surface area contributed by atoms with Crippen molar-refractivity contribution in [3.05, 3.63) is 57.7 Å². The van der Waals surface area contributed by atoms with E-state index in [-0.39, 0.29) is 35.2 Å². The van der Waals surface area contributed by atoms with Crippen molar-refractivity contribution in [3.63, 3.8) is 0 Å². The molecule has 52 heavy (non-hydrogen) atoms. The Kier molecular flexibility index (Phi) is 12.0. The highest BCUT2D eigenvalue weighted by Crippen LogP contribution is 2.38. The van der Waals surface area contributed by atoms with Crippen LogP contribution in [0.2, 0.25) is 0 Å². The number of carbonyl (C=O) groups excluding carboxylic acids is 3. The van der Waals surface area contributed by atoms with Crippen LogP contribution in [0.5, 0.6) is 0 Å². The molecular weight excluding hydrogens is 688 g/mol. The second-order valence-electron chi connectivity index (χ2n) is 16.1. The Labute approximate surface area is 308 Å². The molecule has 2 aromatic heterocycles. The van der Waals surface area contributed by atoms with Gasteiger partial charge in [0.05, 0.1) is 25.0 Å². The van der Waals surface area contributed by atoms with Gasteiger partial charge in [-0.05, 0) is 93.2 Å². The molecule has 4 N–H and O–H groups in total. The fourth-order valence-corrected chi connectivity index (χ4v) is 7.83. The van der Waals surface area contributed by atoms with Crippen LogP contribution in [0.25, 0.3) is 10.3 Å². The molecule has 0 spiro atoms. The highest BCUT2D eigenvalue weighted by molar-refractivity contribution is 7.19. The lowest BCUT2D eigenvalue weighted by Gasteiger charge is -2.34. The number of quaternary nitrogens is 1. The number of nitrogens with zero attached hydrogens (tertiary/aromatic N) is 3. The first-order valence-electron chi connectivity index (χ1n) is 18.0. The minimum atomic E-state index is -2.19. The number of hydrogen-bond donors (Lipinski definition) is 4. The Hall–Kier alpha value is -4.01. The van der Waals surface area contributed by atoms with Gasteiger partial charge in [0, 0.05) is 24.3 Å². The molecule has 1 aliphatic carbocycles. The smallest absolute Gasteiger partial charge is 0.307 e. The molecule has 12 nitrogen and oxygen atoms in total. The van der Waals surface area contributed by atoms with Crippen LogP contribution < -0.4 is 20.6 Å². The summed E-state index contributed by atoms with van der Waals surface area (Å²) in [5.41, 5.74) is 2.54. The number of likely N-dealkylation sites (N-methyl/N-ethyl adjacent to an activating group) is 1. The number of rotatable bonds is 10. The maximum Gasteiger partial charge on any atom is 0.307 e. The lowest BCUT2D eigenvalue weighted by molar-refractivity contribution is -0.922. The average Bonchev–Trinajstić information content (AvgIpc) is 3.71. The van der Waals surface area contributed by atoms with E-state index in [2.05, 4.69) is 49.4 Å². The first-order valence-corrected chi connectivity index (χ1v) is 18.9. The molecule has 1 aromatic carbocycles. The molecule has 2 aliphatic heterocycles. The number of nitrogens with one attached hydrogen (secondary N) is 3. The predicted molar refractivity (Wildman–Crippen MR) is 194 cm³/mol. The van der Waals surface area contributed by atoms with Crippen molar-refractivity contribution in [2.45, 2.75) is 84.5 Å². The molecule has 2 amide bonds. The van der Waals surface area contributed by atoms with Crippen LogP contribution >= 0.6 is 11.3 Å². The Bertz CT molecular complexity index is 1800. The van der Waals surface area contributed by atoms with Crippen LogP contribution in [-0.4, -0.2) is 95.2 Å². The van der Waals surface area contributed by atoms with Gasteiger partial charge < -0.3 is 35.4 Å². The van der Waals surface area contributed by atoms with E-state index in [1.165, 1.54) is 21.8 Å². The number of carboxylic acids is 2. The van der Waals surface area contributed by atoms with Gasteiger partial charge in [-0.3, -0.25) is 14.4 Å². The summed E-state index contributed by atoms with van der Waals surface area (Å²) in [6, 6.07) is 9.37. The number of likely N-dealkylation sites (tertiary alicyclic amines) is 2. The highest BCUT2D eigenvalue weighted by atomic mass is 32.1. The molecule has 2 saturated heterocycles. The normalized spacial score (nSPS) is 22.4. The van der Waals surface area contributed by atoms with Crippen molar-refractivity contribution in [1.82, 2.24) is 25.5 Å². The molecular formula is C38H51FN6O6S. The van der Waals surface area contributed by atoms with Gasteiger partial charge in [-0.25, -0.2) is 14.4 Å². The van der Waals surface area contributed by atoms with Crippen LogP contribution in [0.15, 0.2) is 30.3 Å². The topological polar surface area (TPSA) is 169 Å². The number of alkyl halides is 1. The van der Waals surface area contributed by atoms with Gasteiger partial charge in [-0.15, -0.1) is 0 Å². The number of thiazole rings is 1. The summed E-state index contributed by atoms with van der Waals surface area (Å²) in [5, 5.41) is 25.7. The van der Waals surface area contributed by atoms with Gasteiger partial charge >= 0.3 is 5.97 Å². The van der Waals surface area contributed by atoms with Crippen molar-refractivity contribution in [1.29, 1.82) is 0 Å². The summed E-state index contributed by atoms with van der Waals surface area (Å²) >= 11 is 1.32. The first kappa shape index (κ1) is 39.2. The molecule has 282 valence electrons. The predicted octanol–water partition coefficient (Wildman–Crippen LogP) is 2.22. The number of aryl methyl sites for hydroxylation is 1. The van der Waals surface area contributed by atoms with Crippen LogP contribution in [0.4, 0.5) is 4.39 Å². The van der Waals surface area contributed by atoms with Crippen LogP contribution in [-0.2, 0) is 22.4 Å². The van der Waals surface area contributed by atoms with Crippen molar-refractivity contribution in [3.8, 4) is 0 Å². The van der Waals surface area contributed by atoms with E-state index < -0.39 is 17.6 Å². The molecule has 0 unspecified atom stereocenters. The zero-order valence-corrected chi connectivity index (χ0v) is 31.7. The third-order valence-electron chi connectivity index (χ3n) is 10.4. The van der Waals surface area contributed by atoms with E-state index in [0.29, 0.717) is 49.0 Å². The van der Waals surface area contributed by atoms with E-state index in [9.17, 15) is 33.8 Å². The third kappa shape index (κ3) is 9.90. The molecule has 2 fully saturated rings. The number of fused-ring (bicyclic) bond motifs is 2. The molecule has 6 rings (SSSR count). The maximum absolute atomic E-state index is 13.7. The summed E-state index contributed by atoms with van der Waals surface area (Å²) in [5.74, 6) is -2.60. The minimum Gasteiger partial charge on any atom is -0.547 e. The molecule has 0 radical (unpaired) electrons. The largest absolute Gasteiger partial charge is 0.547 e. The quantitative estimate of drug-likeness (QED) is 0.244. The maximum atomic E-state index is 13.7. The fourth-order valence-electron chi connectivity index (χ4n) is 6.99. The molecule has 3 aromatic rings. The minimum absolute atomic E-state index is 0.113. The van der Waals surface area contributed by atoms with Gasteiger partial charge in [0.25, 0.3) is 11.8 Å². The first-order chi connectivity index (χ1) is 24.4. The number of amides is 2. The van der Waals surface area contributed by atoms with Gasteiger partial charge in [0.15, 0.2) is 5.01 Å². The van der Waals surface area contributed by atoms with E-state index in [1.54, 1.807) is 6.07 Å². The Morgan fingerprint density at radius 2 is 1.81 bits per heavy atom. The van der Waals surface area contributed by atoms with E-state index in [1.807, 2.05) is 18.2 Å². The van der Waals surface area contributed by atoms with Crippen molar-refractivity contribution in [2.75, 3.05) is 39.8 Å². The SMILES string of the molecule is CC(C)(F)C(=O)[O-].C[NH+]1CC(NC(=O)c2cccc([C@@H](CCN3CC[C@@H](C(=O)O)C3)NC(=O)c3nc4cc5c(nc4s3)CC[C@H](C(C)(C)C)C5)c2)C1. The number of aliphatic carboxylic acids is 2. The van der Waals surface area contributed by atoms with Crippen molar-refractivity contribution < 1.29 is 38.7 Å². The standard InChI is InChI=1S/C34H44N6O4S.C4H7FO2/c1-34(2,3)24-8-9-26-23(15-24)16-28-31(37-26)45-32(38-28)30(42)36-27(11-13-40-12-10-22(17-40)33(43)44)20-6-5-7-21(14-20)29(41)35-25-18-39(4)19-25;1-4(2,5)3(6)7/h5-7,14,16,22,24-25,27H,8-13,15,17-19H2,1-4H3,(H,35,41)(H,36,42)(H,43,44);1-2H3,(H,6,7)/t22-,24+,27-;/m1./s1. The number of aromatic nitrogens is 2. The number of pyridine rings is 1. The fraction of sp³-hybridized carbons (Fsp3) is 0.579. The lowest BCUT2D eigenvalue weighted by atomic mass is 9.71. The number of carbonyl (C=O) groups is 4. The zero-order valence-electron chi connectivity index (χ0n) is 30.9. The summed E-state index contributed by atoms with van der Waals surface area (Å²) < 4.78 is 11.8. The van der Waals surface area contributed by atoms with E-state index in [4.69, 9.17) is 9.97 Å². The summed E-state index contributed by atoms with van der Waals surface area (Å²) in [4.78, 5) is 61.8. The molecule has 4 heterocycles. The monoisotopic (exact) mass is 738 g/mol. The second-order valence-corrected chi connectivity index (χ2v) is 17.1. The van der Waals surface area contributed by atoms with Gasteiger partial charge in [0.1, 0.15) is 35.1 Å². The van der Waals surface area contributed by atoms with Gasteiger partial charge in [0.2, 0.25) is 0 Å². The average molecular weight is 739 g/mol. The molecule has 3 aliphatic rings. The molecule has 3 atom stereocenters. The highest BCUT2D eigenvalue weighted by Gasteiger charge is 2.32. The van der Waals surface area contributed by atoms with Crippen molar-refractivity contribution in [2.24, 2.45) is 17.3 Å². The van der Waals surface area contributed by atoms with Crippen LogP contribution in [0.1, 0.15) is 96.9 Å². The Morgan fingerprint density at radius 3 is 2.42 bits per heavy atom. The van der Waals surface area contributed by atoms with Crippen LogP contribution in [0, 0.1) is 17.3 Å². The summed E-state index contributed by atoms with van der Waals surface area (Å²) in [6.07, 6.45) is 4.23. The zero-order chi connectivity index (χ0) is 38.0. The number of halogens is 1. The lowest BCUT2D eigenvalue weighted by Crippen LogP contribution is -3.19. The Balaban J connectivity index is 0.000000679. The van der Waals surface area contributed by atoms with E-state index in [0.717, 1.165) is 67.8 Å². The van der Waals surface area contributed by atoms with Gasteiger partial charge in [-0.2, -0.15) is 0 Å². The number of hydrogen-bond acceptors (Lipinski definition) is 9. The third-order valence-corrected chi connectivity index (χ3v) is 11.4. The second kappa shape index (κ2) is 15.9.